The summed E-state index contributed by atoms with van der Waals surface area (Å²) in [6.45, 7) is 4.47. The first-order chi connectivity index (χ1) is 16.8. The van der Waals surface area contributed by atoms with Crippen molar-refractivity contribution in [2.75, 3.05) is 0 Å². The molecule has 0 bridgehead atoms. The fourth-order valence-electron chi connectivity index (χ4n) is 3.06. The number of carbonyl (C=O) groups excluding carboxylic acids is 3. The van der Waals surface area contributed by atoms with E-state index in [0.717, 1.165) is 19.3 Å². The van der Waals surface area contributed by atoms with Crippen LogP contribution in [0.3, 0.4) is 0 Å². The van der Waals surface area contributed by atoms with Crippen LogP contribution < -0.4 is 21.7 Å². The third-order valence-electron chi connectivity index (χ3n) is 5.27. The largest absolute Gasteiger partial charge is 0.480 e. The van der Waals surface area contributed by atoms with Crippen LogP contribution in [-0.2, 0) is 28.7 Å². The van der Waals surface area contributed by atoms with Crippen LogP contribution in [0.25, 0.3) is 0 Å². The lowest BCUT2D eigenvalue weighted by molar-refractivity contribution is -0.145. The number of hydrogen-bond donors (Lipinski definition) is 7. The highest BCUT2D eigenvalue weighted by Gasteiger charge is 2.31. The van der Waals surface area contributed by atoms with Gasteiger partial charge in [-0.2, -0.15) is 0 Å². The lowest BCUT2D eigenvalue weighted by Crippen LogP contribution is -2.53. The summed E-state index contributed by atoms with van der Waals surface area (Å²) in [6.07, 6.45) is 0.903. The zero-order valence-corrected chi connectivity index (χ0v) is 20.8. The average Bonchev–Trinajstić information content (AvgIpc) is 2.78. The number of hydrogen-bond acceptors (Lipinski definition) is 8. The maximum atomic E-state index is 12.5. The first-order valence-electron chi connectivity index (χ1n) is 11.8. The molecule has 0 fully saturated rings. The molecule has 0 aromatic carbocycles. The quantitative estimate of drug-likeness (QED) is 0.121. The monoisotopic (exact) mass is 518 g/mol. The third-order valence-corrected chi connectivity index (χ3v) is 5.27. The van der Waals surface area contributed by atoms with Gasteiger partial charge in [-0.15, -0.1) is 0 Å². The summed E-state index contributed by atoms with van der Waals surface area (Å²) in [5.41, 5.74) is 5.43. The van der Waals surface area contributed by atoms with Crippen molar-refractivity contribution in [2.45, 2.75) is 102 Å². The van der Waals surface area contributed by atoms with Crippen molar-refractivity contribution in [3.63, 3.8) is 0 Å². The highest BCUT2D eigenvalue weighted by atomic mass is 16.6. The molecule has 14 heteroatoms. The van der Waals surface area contributed by atoms with Crippen molar-refractivity contribution in [1.29, 1.82) is 0 Å². The Bertz CT molecular complexity index is 776. The van der Waals surface area contributed by atoms with Crippen molar-refractivity contribution in [3.05, 3.63) is 0 Å². The highest BCUT2D eigenvalue weighted by Crippen LogP contribution is 2.08. The third kappa shape index (κ3) is 13.5. The van der Waals surface area contributed by atoms with Crippen LogP contribution in [-0.4, -0.2) is 81.4 Å². The molecule has 14 nitrogen and oxygen atoms in total. The molecule has 36 heavy (non-hydrogen) atoms. The molecule has 0 radical (unpaired) electrons. The van der Waals surface area contributed by atoms with Crippen LogP contribution in [0.4, 0.5) is 4.79 Å². The zero-order chi connectivity index (χ0) is 27.8. The van der Waals surface area contributed by atoms with Crippen molar-refractivity contribution in [3.8, 4) is 0 Å². The Balaban J connectivity index is 5.14. The van der Waals surface area contributed by atoms with Gasteiger partial charge in [-0.3, -0.25) is 19.2 Å². The fourth-order valence-corrected chi connectivity index (χ4v) is 3.06. The molecule has 0 unspecified atom stereocenters. The molecule has 0 aliphatic carbocycles. The molecule has 0 aromatic heterocycles. The minimum Gasteiger partial charge on any atom is -0.480 e. The molecule has 0 aliphatic rings. The Morgan fingerprint density at radius 2 is 1.44 bits per heavy atom. The van der Waals surface area contributed by atoms with Gasteiger partial charge in [-0.25, -0.2) is 9.59 Å². The van der Waals surface area contributed by atoms with Gasteiger partial charge in [-0.1, -0.05) is 26.2 Å². The molecule has 0 rings (SSSR count). The summed E-state index contributed by atoms with van der Waals surface area (Å²) in [6, 6.07) is -5.33. The molecule has 0 saturated carbocycles. The van der Waals surface area contributed by atoms with Crippen molar-refractivity contribution in [2.24, 2.45) is 5.73 Å². The molecule has 0 saturated heterocycles. The van der Waals surface area contributed by atoms with Crippen LogP contribution in [0.2, 0.25) is 0 Å². The number of carboxylic acids is 3. The molecule has 0 heterocycles. The molecule has 0 aromatic rings. The zero-order valence-electron chi connectivity index (χ0n) is 20.8. The van der Waals surface area contributed by atoms with Gasteiger partial charge in [0.1, 0.15) is 24.2 Å². The number of aliphatic carboxylic acids is 3. The minimum absolute atomic E-state index is 0.0217. The van der Waals surface area contributed by atoms with E-state index in [1.165, 1.54) is 13.8 Å². The number of carboxylic acid groups (broad SMARTS) is 3. The van der Waals surface area contributed by atoms with Crippen LogP contribution >= 0.6 is 0 Å². The smallest absolute Gasteiger partial charge is 0.408 e. The van der Waals surface area contributed by atoms with Crippen LogP contribution in [0.15, 0.2) is 0 Å². The SMILES string of the molecule is CCCCCCC(=O)N[C@@H](C(=O)O)[C@@H](C)OC(=O)N[C@@H](CCC[C@@H](N)C(=O)O)C(=O)N[C@@H](C)C(=O)O. The second-order valence-corrected chi connectivity index (χ2v) is 8.45. The van der Waals surface area contributed by atoms with E-state index in [1.54, 1.807) is 0 Å². The second kappa shape index (κ2) is 17.1. The van der Waals surface area contributed by atoms with Crippen LogP contribution in [0, 0.1) is 0 Å². The van der Waals surface area contributed by atoms with E-state index in [0.29, 0.717) is 6.42 Å². The van der Waals surface area contributed by atoms with Gasteiger partial charge in [0.25, 0.3) is 0 Å². The number of alkyl carbamates (subject to hydrolysis) is 1. The Kier molecular flexibility index (Phi) is 15.5. The van der Waals surface area contributed by atoms with E-state index >= 15 is 0 Å². The molecule has 0 spiro atoms. The number of nitrogens with two attached hydrogens (primary N) is 1. The average molecular weight is 519 g/mol. The summed E-state index contributed by atoms with van der Waals surface area (Å²) in [4.78, 5) is 70.5. The molecule has 5 atom stereocenters. The Morgan fingerprint density at radius 1 is 0.806 bits per heavy atom. The highest BCUT2D eigenvalue weighted by molar-refractivity contribution is 5.89. The maximum absolute atomic E-state index is 12.5. The molecule has 206 valence electrons. The predicted octanol–water partition coefficient (Wildman–Crippen LogP) is 0.181. The first-order valence-corrected chi connectivity index (χ1v) is 11.8. The summed E-state index contributed by atoms with van der Waals surface area (Å²) in [7, 11) is 0. The normalized spacial score (nSPS) is 14.9. The van der Waals surface area contributed by atoms with Gasteiger partial charge in [0.05, 0.1) is 0 Å². The maximum Gasteiger partial charge on any atom is 0.408 e. The summed E-state index contributed by atoms with van der Waals surface area (Å²) in [5, 5.41) is 34.0. The number of amides is 3. The van der Waals surface area contributed by atoms with E-state index in [9.17, 15) is 33.9 Å². The molecular formula is C22H38N4O10. The second-order valence-electron chi connectivity index (χ2n) is 8.45. The van der Waals surface area contributed by atoms with Gasteiger partial charge in [-0.05, 0) is 39.5 Å². The van der Waals surface area contributed by atoms with Gasteiger partial charge < -0.3 is 41.7 Å². The predicted molar refractivity (Wildman–Crippen MR) is 126 cm³/mol. The first kappa shape index (κ1) is 32.6. The van der Waals surface area contributed by atoms with Crippen LogP contribution in [0.5, 0.6) is 0 Å². The lowest BCUT2D eigenvalue weighted by Gasteiger charge is -2.24. The number of ether oxygens (including phenoxy) is 1. The van der Waals surface area contributed by atoms with Gasteiger partial charge in [0.2, 0.25) is 11.8 Å². The van der Waals surface area contributed by atoms with Gasteiger partial charge in [0, 0.05) is 6.42 Å². The van der Waals surface area contributed by atoms with E-state index in [-0.39, 0.29) is 25.7 Å². The number of carbonyl (C=O) groups is 6. The van der Waals surface area contributed by atoms with Crippen molar-refractivity contribution in [1.82, 2.24) is 16.0 Å². The Labute approximate surface area is 209 Å². The van der Waals surface area contributed by atoms with E-state index in [4.69, 9.17) is 20.7 Å². The Morgan fingerprint density at radius 3 is 1.97 bits per heavy atom. The van der Waals surface area contributed by atoms with Gasteiger partial charge >= 0.3 is 24.0 Å². The minimum atomic E-state index is -1.54. The summed E-state index contributed by atoms with van der Waals surface area (Å²) >= 11 is 0. The van der Waals surface area contributed by atoms with Crippen LogP contribution in [0.1, 0.15) is 72.1 Å². The van der Waals surface area contributed by atoms with E-state index in [1.807, 2.05) is 6.92 Å². The number of nitrogens with one attached hydrogen (secondary N) is 3. The van der Waals surface area contributed by atoms with E-state index < -0.39 is 66.1 Å². The van der Waals surface area contributed by atoms with Gasteiger partial charge in [0.15, 0.2) is 6.04 Å². The molecule has 3 amide bonds. The standard InChI is InChI=1S/C22H38N4O10/c1-4-5-6-7-11-16(27)26-17(21(33)34)13(3)36-22(35)25-15(10-8-9-14(23)20(31)32)18(28)24-12(2)19(29)30/h12-15,17H,4-11,23H2,1-3H3,(H,24,28)(H,25,35)(H,26,27)(H,29,30)(H,31,32)(H,33,34)/t12-,13+,14+,15-,17+/m0/s1. The molecular weight excluding hydrogens is 480 g/mol. The fraction of sp³-hybridized carbons (Fsp3) is 0.727. The topological polar surface area (TPSA) is 234 Å². The Hall–Kier alpha value is -3.42. The lowest BCUT2D eigenvalue weighted by atomic mass is 10.0. The molecule has 0 aliphatic heterocycles. The number of unbranched alkanes of at least 4 members (excludes halogenated alkanes) is 3. The molecule has 8 N–H and O–H groups in total. The van der Waals surface area contributed by atoms with Crippen molar-refractivity contribution < 1.29 is 48.8 Å². The summed E-state index contributed by atoms with van der Waals surface area (Å²) in [5.74, 6) is -5.37. The number of rotatable bonds is 18. The summed E-state index contributed by atoms with van der Waals surface area (Å²) < 4.78 is 5.06. The van der Waals surface area contributed by atoms with Crippen molar-refractivity contribution >= 4 is 35.8 Å². The van der Waals surface area contributed by atoms with E-state index in [2.05, 4.69) is 16.0 Å².